The molecule has 16 heavy (non-hydrogen) atoms. The van der Waals surface area contributed by atoms with Crippen molar-refractivity contribution in [3.63, 3.8) is 0 Å². The minimum atomic E-state index is -0.288. The number of nitrogens with one attached hydrogen (secondary N) is 1. The van der Waals surface area contributed by atoms with Crippen molar-refractivity contribution >= 4 is 15.9 Å². The van der Waals surface area contributed by atoms with Crippen LogP contribution in [0.5, 0.6) is 0 Å². The third kappa shape index (κ3) is 3.54. The fourth-order valence-corrected chi connectivity index (χ4v) is 1.84. The van der Waals surface area contributed by atoms with Gasteiger partial charge in [0, 0.05) is 6.04 Å². The summed E-state index contributed by atoms with van der Waals surface area (Å²) in [5, 5.41) is 12.6. The highest BCUT2D eigenvalue weighted by Crippen LogP contribution is 2.21. The average molecular weight is 290 g/mol. The second-order valence-electron chi connectivity index (χ2n) is 3.88. The van der Waals surface area contributed by atoms with Crippen LogP contribution in [0.4, 0.5) is 4.39 Å². The van der Waals surface area contributed by atoms with Crippen molar-refractivity contribution in [3.05, 3.63) is 34.1 Å². The average Bonchev–Trinajstić information content (AvgIpc) is 2.29. The Morgan fingerprint density at radius 1 is 1.50 bits per heavy atom. The van der Waals surface area contributed by atoms with Gasteiger partial charge in [0.05, 0.1) is 17.1 Å². The minimum Gasteiger partial charge on any atom is -0.394 e. The van der Waals surface area contributed by atoms with E-state index in [2.05, 4.69) is 35.1 Å². The molecule has 1 aromatic rings. The summed E-state index contributed by atoms with van der Waals surface area (Å²) in [6, 6.07) is 4.97. The zero-order valence-electron chi connectivity index (χ0n) is 9.50. The highest BCUT2D eigenvalue weighted by molar-refractivity contribution is 9.10. The zero-order chi connectivity index (χ0) is 12.1. The van der Waals surface area contributed by atoms with E-state index in [0.717, 1.165) is 12.0 Å². The van der Waals surface area contributed by atoms with Gasteiger partial charge in [0.25, 0.3) is 0 Å². The summed E-state index contributed by atoms with van der Waals surface area (Å²) in [7, 11) is 0. The van der Waals surface area contributed by atoms with Crippen molar-refractivity contribution in [2.24, 2.45) is 0 Å². The van der Waals surface area contributed by atoms with Gasteiger partial charge in [-0.15, -0.1) is 0 Å². The molecule has 0 bridgehead atoms. The molecule has 2 unspecified atom stereocenters. The summed E-state index contributed by atoms with van der Waals surface area (Å²) in [4.78, 5) is 0. The number of hydrogen-bond donors (Lipinski definition) is 2. The molecule has 0 saturated carbocycles. The maximum Gasteiger partial charge on any atom is 0.137 e. The summed E-state index contributed by atoms with van der Waals surface area (Å²) < 4.78 is 13.5. The van der Waals surface area contributed by atoms with Gasteiger partial charge in [-0.25, -0.2) is 4.39 Å². The molecule has 0 aliphatic rings. The Morgan fingerprint density at radius 2 is 2.19 bits per heavy atom. The van der Waals surface area contributed by atoms with Gasteiger partial charge < -0.3 is 10.4 Å². The van der Waals surface area contributed by atoms with E-state index >= 15 is 0 Å². The molecule has 1 aromatic carbocycles. The summed E-state index contributed by atoms with van der Waals surface area (Å²) >= 11 is 3.14. The molecule has 0 aromatic heterocycles. The van der Waals surface area contributed by atoms with Gasteiger partial charge in [-0.2, -0.15) is 0 Å². The van der Waals surface area contributed by atoms with Crippen molar-refractivity contribution in [1.82, 2.24) is 5.32 Å². The fraction of sp³-hybridized carbons (Fsp3) is 0.500. The molecular weight excluding hydrogens is 273 g/mol. The lowest BCUT2D eigenvalue weighted by Crippen LogP contribution is -2.32. The lowest BCUT2D eigenvalue weighted by atomic mass is 10.1. The monoisotopic (exact) mass is 289 g/mol. The molecule has 0 saturated heterocycles. The van der Waals surface area contributed by atoms with Gasteiger partial charge in [-0.1, -0.05) is 13.0 Å². The second-order valence-corrected chi connectivity index (χ2v) is 4.74. The van der Waals surface area contributed by atoms with E-state index in [1.807, 2.05) is 0 Å². The van der Waals surface area contributed by atoms with Gasteiger partial charge in [0.2, 0.25) is 0 Å². The van der Waals surface area contributed by atoms with Crippen LogP contribution in [0, 0.1) is 5.82 Å². The first-order valence-corrected chi connectivity index (χ1v) is 6.19. The largest absolute Gasteiger partial charge is 0.394 e. The summed E-state index contributed by atoms with van der Waals surface area (Å²) in [6.07, 6.45) is 0.985. The Bertz CT molecular complexity index is 346. The first kappa shape index (κ1) is 13.6. The normalized spacial score (nSPS) is 14.8. The van der Waals surface area contributed by atoms with E-state index in [1.165, 1.54) is 6.07 Å². The van der Waals surface area contributed by atoms with Gasteiger partial charge >= 0.3 is 0 Å². The van der Waals surface area contributed by atoms with Crippen molar-refractivity contribution in [2.45, 2.75) is 32.4 Å². The van der Waals surface area contributed by atoms with Crippen LogP contribution in [0.3, 0.4) is 0 Å². The first-order chi connectivity index (χ1) is 7.58. The molecule has 0 aliphatic carbocycles. The number of hydrogen-bond acceptors (Lipinski definition) is 2. The number of aliphatic hydroxyl groups excluding tert-OH is 1. The number of halogens is 2. The van der Waals surface area contributed by atoms with E-state index in [1.54, 1.807) is 12.1 Å². The van der Waals surface area contributed by atoms with Crippen molar-refractivity contribution in [2.75, 3.05) is 6.61 Å². The third-order valence-electron chi connectivity index (χ3n) is 2.63. The Morgan fingerprint density at radius 3 is 2.69 bits per heavy atom. The number of benzene rings is 1. The molecule has 2 N–H and O–H groups in total. The quantitative estimate of drug-likeness (QED) is 0.873. The van der Waals surface area contributed by atoms with Gasteiger partial charge in [-0.3, -0.25) is 0 Å². The summed E-state index contributed by atoms with van der Waals surface area (Å²) in [6.45, 7) is 4.14. The molecule has 0 radical (unpaired) electrons. The SMILES string of the molecule is CCC(C)NC(CO)c1ccc(F)c(Br)c1. The van der Waals surface area contributed by atoms with Crippen LogP contribution in [0.25, 0.3) is 0 Å². The topological polar surface area (TPSA) is 32.3 Å². The van der Waals surface area contributed by atoms with E-state index in [0.29, 0.717) is 10.5 Å². The van der Waals surface area contributed by atoms with Crippen molar-refractivity contribution < 1.29 is 9.50 Å². The summed E-state index contributed by atoms with van der Waals surface area (Å²) in [5.41, 5.74) is 0.885. The molecule has 0 heterocycles. The van der Waals surface area contributed by atoms with E-state index in [-0.39, 0.29) is 18.5 Å². The van der Waals surface area contributed by atoms with Crippen LogP contribution >= 0.6 is 15.9 Å². The maximum absolute atomic E-state index is 13.1. The highest BCUT2D eigenvalue weighted by atomic mass is 79.9. The molecule has 90 valence electrons. The van der Waals surface area contributed by atoms with Crippen LogP contribution in [-0.2, 0) is 0 Å². The highest BCUT2D eigenvalue weighted by Gasteiger charge is 2.13. The maximum atomic E-state index is 13.1. The standard InChI is InChI=1S/C12H17BrFNO/c1-3-8(2)15-12(7-16)9-4-5-11(14)10(13)6-9/h4-6,8,12,15-16H,3,7H2,1-2H3. The molecule has 2 atom stereocenters. The van der Waals surface area contributed by atoms with Crippen LogP contribution in [0.1, 0.15) is 31.9 Å². The van der Waals surface area contributed by atoms with Gasteiger partial charge in [0.1, 0.15) is 5.82 Å². The molecule has 0 amide bonds. The molecule has 0 fully saturated rings. The molecular formula is C12H17BrFNO. The predicted molar refractivity (Wildman–Crippen MR) is 66.8 cm³/mol. The van der Waals surface area contributed by atoms with Crippen molar-refractivity contribution in [1.29, 1.82) is 0 Å². The predicted octanol–water partition coefficient (Wildman–Crippen LogP) is 3.01. The van der Waals surface area contributed by atoms with Crippen LogP contribution in [0.2, 0.25) is 0 Å². The Labute approximate surface area is 104 Å². The van der Waals surface area contributed by atoms with Gasteiger partial charge in [0.15, 0.2) is 0 Å². The molecule has 0 aliphatic heterocycles. The van der Waals surface area contributed by atoms with Crippen LogP contribution in [0.15, 0.2) is 22.7 Å². The minimum absolute atomic E-state index is 0.00239. The van der Waals surface area contributed by atoms with Crippen LogP contribution in [-0.4, -0.2) is 17.8 Å². The molecule has 1 rings (SSSR count). The Kier molecular flexibility index (Phi) is 5.38. The fourth-order valence-electron chi connectivity index (χ4n) is 1.44. The second kappa shape index (κ2) is 6.33. The molecule has 4 heteroatoms. The first-order valence-electron chi connectivity index (χ1n) is 5.40. The van der Waals surface area contributed by atoms with Crippen molar-refractivity contribution in [3.8, 4) is 0 Å². The zero-order valence-corrected chi connectivity index (χ0v) is 11.1. The Balaban J connectivity index is 2.82. The van der Waals surface area contributed by atoms with Crippen LogP contribution < -0.4 is 5.32 Å². The van der Waals surface area contributed by atoms with E-state index in [9.17, 15) is 9.50 Å². The number of rotatable bonds is 5. The van der Waals surface area contributed by atoms with E-state index < -0.39 is 0 Å². The van der Waals surface area contributed by atoms with E-state index in [4.69, 9.17) is 0 Å². The summed E-state index contributed by atoms with van der Waals surface area (Å²) in [5.74, 6) is -0.288. The smallest absolute Gasteiger partial charge is 0.137 e. The Hall–Kier alpha value is -0.450. The lowest BCUT2D eigenvalue weighted by molar-refractivity contribution is 0.234. The molecule has 0 spiro atoms. The van der Waals surface area contributed by atoms with Gasteiger partial charge in [-0.05, 0) is 47.0 Å². The third-order valence-corrected chi connectivity index (χ3v) is 3.23. The molecule has 2 nitrogen and oxygen atoms in total. The lowest BCUT2D eigenvalue weighted by Gasteiger charge is -2.21. The number of aliphatic hydroxyl groups is 1.